The first-order valence-corrected chi connectivity index (χ1v) is 4.36. The summed E-state index contributed by atoms with van der Waals surface area (Å²) in [4.78, 5) is 0. The van der Waals surface area contributed by atoms with Gasteiger partial charge in [0.25, 0.3) is 0 Å². The predicted molar refractivity (Wildman–Crippen MR) is 54.9 cm³/mol. The maximum absolute atomic E-state index is 13.1. The molecule has 0 radical (unpaired) electrons. The molecule has 0 heterocycles. The molecule has 14 heavy (non-hydrogen) atoms. The van der Waals surface area contributed by atoms with Crippen molar-refractivity contribution < 1.29 is 9.13 Å². The van der Waals surface area contributed by atoms with E-state index in [1.54, 1.807) is 18.2 Å². The fraction of sp³-hybridized carbons (Fsp3) is 0.273. The monoisotopic (exact) mass is 195 g/mol. The summed E-state index contributed by atoms with van der Waals surface area (Å²) < 4.78 is 18.0. The van der Waals surface area contributed by atoms with Crippen molar-refractivity contribution >= 4 is 0 Å². The van der Waals surface area contributed by atoms with Crippen molar-refractivity contribution in [2.75, 3.05) is 14.2 Å². The summed E-state index contributed by atoms with van der Waals surface area (Å²) >= 11 is 0. The Balaban J connectivity index is 3.04. The Labute approximate surface area is 83.4 Å². The van der Waals surface area contributed by atoms with E-state index in [1.807, 2.05) is 7.05 Å². The van der Waals surface area contributed by atoms with Crippen molar-refractivity contribution in [3.8, 4) is 5.75 Å². The van der Waals surface area contributed by atoms with Crippen LogP contribution < -0.4 is 10.1 Å². The average Bonchev–Trinajstić information content (AvgIpc) is 2.22. The van der Waals surface area contributed by atoms with Crippen molar-refractivity contribution in [2.24, 2.45) is 0 Å². The van der Waals surface area contributed by atoms with Gasteiger partial charge in [-0.05, 0) is 24.7 Å². The van der Waals surface area contributed by atoms with Gasteiger partial charge in [-0.1, -0.05) is 12.1 Å². The van der Waals surface area contributed by atoms with Gasteiger partial charge in [0, 0.05) is 0 Å². The zero-order valence-electron chi connectivity index (χ0n) is 8.38. The smallest absolute Gasteiger partial charge is 0.165 e. The molecule has 2 nitrogen and oxygen atoms in total. The van der Waals surface area contributed by atoms with Crippen molar-refractivity contribution in [3.05, 3.63) is 42.2 Å². The Morgan fingerprint density at radius 3 is 2.79 bits per heavy atom. The van der Waals surface area contributed by atoms with Gasteiger partial charge < -0.3 is 10.1 Å². The highest BCUT2D eigenvalue weighted by Crippen LogP contribution is 2.22. The van der Waals surface area contributed by atoms with Gasteiger partial charge in [-0.15, -0.1) is 6.58 Å². The van der Waals surface area contributed by atoms with Crippen LogP contribution >= 0.6 is 0 Å². The van der Waals surface area contributed by atoms with Crippen molar-refractivity contribution in [1.82, 2.24) is 5.32 Å². The lowest BCUT2D eigenvalue weighted by atomic mass is 10.1. The minimum absolute atomic E-state index is 0.0181. The summed E-state index contributed by atoms with van der Waals surface area (Å²) in [6.45, 7) is 3.69. The first-order chi connectivity index (χ1) is 6.72. The van der Waals surface area contributed by atoms with E-state index in [9.17, 15) is 4.39 Å². The SMILES string of the molecule is C=CC(NC)c1ccc(F)c(OC)c1. The summed E-state index contributed by atoms with van der Waals surface area (Å²) in [5.41, 5.74) is 0.931. The van der Waals surface area contributed by atoms with E-state index in [0.717, 1.165) is 5.56 Å². The third kappa shape index (κ3) is 2.12. The molecule has 1 aromatic carbocycles. The van der Waals surface area contributed by atoms with Crippen LogP contribution in [0.15, 0.2) is 30.9 Å². The first-order valence-electron chi connectivity index (χ1n) is 4.36. The second kappa shape index (κ2) is 4.77. The van der Waals surface area contributed by atoms with Crippen LogP contribution in [0.4, 0.5) is 4.39 Å². The van der Waals surface area contributed by atoms with E-state index >= 15 is 0 Å². The fourth-order valence-corrected chi connectivity index (χ4v) is 1.29. The Bertz CT molecular complexity index is 325. The number of likely N-dealkylation sites (N-methyl/N-ethyl adjacent to an activating group) is 1. The van der Waals surface area contributed by atoms with Gasteiger partial charge in [0.2, 0.25) is 0 Å². The highest BCUT2D eigenvalue weighted by atomic mass is 19.1. The van der Waals surface area contributed by atoms with Gasteiger partial charge >= 0.3 is 0 Å². The number of hydrogen-bond acceptors (Lipinski definition) is 2. The molecule has 1 atom stereocenters. The molecule has 3 heteroatoms. The zero-order chi connectivity index (χ0) is 10.6. The Morgan fingerprint density at radius 2 is 2.29 bits per heavy atom. The lowest BCUT2D eigenvalue weighted by Crippen LogP contribution is -2.13. The predicted octanol–water partition coefficient (Wildman–Crippen LogP) is 2.28. The molecule has 0 spiro atoms. The standard InChI is InChI=1S/C11H14FNO/c1-4-10(13-2)8-5-6-9(12)11(7-8)14-3/h4-7,10,13H,1H2,2-3H3. The normalized spacial score (nSPS) is 12.2. The summed E-state index contributed by atoms with van der Waals surface area (Å²) in [6, 6.07) is 4.78. The molecule has 1 unspecified atom stereocenters. The van der Waals surface area contributed by atoms with Gasteiger partial charge in [-0.2, -0.15) is 0 Å². The van der Waals surface area contributed by atoms with E-state index in [1.165, 1.54) is 13.2 Å². The number of hydrogen-bond donors (Lipinski definition) is 1. The minimum atomic E-state index is -0.352. The van der Waals surface area contributed by atoms with E-state index < -0.39 is 0 Å². The molecule has 0 aromatic heterocycles. The van der Waals surface area contributed by atoms with E-state index in [4.69, 9.17) is 4.74 Å². The molecular weight excluding hydrogens is 181 g/mol. The highest BCUT2D eigenvalue weighted by Gasteiger charge is 2.08. The number of ether oxygens (including phenoxy) is 1. The lowest BCUT2D eigenvalue weighted by molar-refractivity contribution is 0.385. The summed E-state index contributed by atoms with van der Waals surface area (Å²) in [5.74, 6) is -0.0974. The Morgan fingerprint density at radius 1 is 1.57 bits per heavy atom. The molecule has 1 aromatic rings. The maximum Gasteiger partial charge on any atom is 0.165 e. The van der Waals surface area contributed by atoms with Crippen LogP contribution in [0.1, 0.15) is 11.6 Å². The molecule has 1 rings (SSSR count). The number of halogens is 1. The first kappa shape index (κ1) is 10.7. The topological polar surface area (TPSA) is 21.3 Å². The zero-order valence-corrected chi connectivity index (χ0v) is 8.38. The van der Waals surface area contributed by atoms with Crippen LogP contribution in [0, 0.1) is 5.82 Å². The summed E-state index contributed by atoms with van der Waals surface area (Å²) in [5, 5.41) is 3.04. The van der Waals surface area contributed by atoms with Gasteiger partial charge in [0.05, 0.1) is 13.2 Å². The van der Waals surface area contributed by atoms with Gasteiger partial charge in [-0.25, -0.2) is 4.39 Å². The maximum atomic E-state index is 13.1. The molecule has 0 aliphatic rings. The molecule has 0 aliphatic carbocycles. The van der Waals surface area contributed by atoms with Crippen molar-refractivity contribution in [1.29, 1.82) is 0 Å². The van der Waals surface area contributed by atoms with E-state index in [-0.39, 0.29) is 17.6 Å². The van der Waals surface area contributed by atoms with Gasteiger partial charge in [-0.3, -0.25) is 0 Å². The van der Waals surface area contributed by atoms with Crippen molar-refractivity contribution in [2.45, 2.75) is 6.04 Å². The van der Waals surface area contributed by atoms with Crippen molar-refractivity contribution in [3.63, 3.8) is 0 Å². The highest BCUT2D eigenvalue weighted by molar-refractivity contribution is 5.33. The number of rotatable bonds is 4. The molecule has 0 aliphatic heterocycles. The van der Waals surface area contributed by atoms with E-state index in [2.05, 4.69) is 11.9 Å². The van der Waals surface area contributed by atoms with E-state index in [0.29, 0.717) is 0 Å². The Hall–Kier alpha value is -1.35. The molecule has 1 N–H and O–H groups in total. The van der Waals surface area contributed by atoms with Crippen LogP contribution in [0.2, 0.25) is 0 Å². The van der Waals surface area contributed by atoms with Gasteiger partial charge in [0.1, 0.15) is 0 Å². The lowest BCUT2D eigenvalue weighted by Gasteiger charge is -2.12. The van der Waals surface area contributed by atoms with Crippen LogP contribution in [-0.2, 0) is 0 Å². The third-order valence-corrected chi connectivity index (χ3v) is 2.08. The molecule has 76 valence electrons. The molecule has 0 saturated heterocycles. The largest absolute Gasteiger partial charge is 0.494 e. The molecule has 0 fully saturated rings. The molecule has 0 saturated carbocycles. The van der Waals surface area contributed by atoms with Crippen LogP contribution in [0.5, 0.6) is 5.75 Å². The quantitative estimate of drug-likeness (QED) is 0.744. The number of nitrogens with one attached hydrogen (secondary N) is 1. The van der Waals surface area contributed by atoms with Gasteiger partial charge in [0.15, 0.2) is 11.6 Å². The summed E-state index contributed by atoms with van der Waals surface area (Å²) in [6.07, 6.45) is 1.76. The summed E-state index contributed by atoms with van der Waals surface area (Å²) in [7, 11) is 3.27. The fourth-order valence-electron chi connectivity index (χ4n) is 1.29. The minimum Gasteiger partial charge on any atom is -0.494 e. The third-order valence-electron chi connectivity index (χ3n) is 2.08. The van der Waals surface area contributed by atoms with Crippen LogP contribution in [-0.4, -0.2) is 14.2 Å². The van der Waals surface area contributed by atoms with Crippen LogP contribution in [0.3, 0.4) is 0 Å². The number of methoxy groups -OCH3 is 1. The number of benzene rings is 1. The molecule has 0 bridgehead atoms. The van der Waals surface area contributed by atoms with Crippen LogP contribution in [0.25, 0.3) is 0 Å². The second-order valence-corrected chi connectivity index (χ2v) is 2.90. The second-order valence-electron chi connectivity index (χ2n) is 2.90. The molecular formula is C11H14FNO. The average molecular weight is 195 g/mol. The molecule has 0 amide bonds. The Kier molecular flexibility index (Phi) is 3.65.